The van der Waals surface area contributed by atoms with Crippen LogP contribution in [0, 0.1) is 0 Å². The molecule has 3 heterocycles. The molecule has 27 heavy (non-hydrogen) atoms. The summed E-state index contributed by atoms with van der Waals surface area (Å²) in [5, 5.41) is 1.65. The van der Waals surface area contributed by atoms with Gasteiger partial charge in [-0.15, -0.1) is 0 Å². The van der Waals surface area contributed by atoms with E-state index in [1.54, 1.807) is 12.4 Å². The van der Waals surface area contributed by atoms with Gasteiger partial charge in [0.05, 0.1) is 6.20 Å². The fourth-order valence-corrected chi connectivity index (χ4v) is 3.46. The smallest absolute Gasteiger partial charge is 0.270 e. The number of pyridine rings is 1. The number of carbonyl (C=O) groups excluding carboxylic acids is 1. The Kier molecular flexibility index (Phi) is 5.27. The van der Waals surface area contributed by atoms with E-state index in [4.69, 9.17) is 16.3 Å². The number of hydrogen-bond donors (Lipinski definition) is 1. The number of carbonyl (C=O) groups is 1. The van der Waals surface area contributed by atoms with E-state index in [1.807, 2.05) is 41.3 Å². The number of amides is 1. The second kappa shape index (κ2) is 7.98. The van der Waals surface area contributed by atoms with Crippen molar-refractivity contribution in [1.82, 2.24) is 19.8 Å². The first-order valence-electron chi connectivity index (χ1n) is 9.02. The topological polar surface area (TPSA) is 61.5 Å². The van der Waals surface area contributed by atoms with Gasteiger partial charge in [0, 0.05) is 54.8 Å². The first kappa shape index (κ1) is 17.8. The molecule has 1 aliphatic heterocycles. The van der Waals surface area contributed by atoms with Gasteiger partial charge in [0.1, 0.15) is 18.1 Å². The summed E-state index contributed by atoms with van der Waals surface area (Å²) in [4.78, 5) is 24.2. The Morgan fingerprint density at radius 3 is 2.81 bits per heavy atom. The van der Waals surface area contributed by atoms with E-state index in [0.29, 0.717) is 30.4 Å². The van der Waals surface area contributed by atoms with Crippen molar-refractivity contribution in [3.63, 3.8) is 0 Å². The zero-order valence-corrected chi connectivity index (χ0v) is 15.7. The molecule has 1 saturated heterocycles. The van der Waals surface area contributed by atoms with Gasteiger partial charge in [-0.1, -0.05) is 17.7 Å². The standard InChI is InChI=1S/C20H21ClN4O2/c21-16-4-3-15-12-19(23-18(15)13-16)20(26)25-8-6-24(7-9-25)10-11-27-17-2-1-5-22-14-17/h1-5,12-14,23H,6-11H2. The fraction of sp³-hybridized carbons (Fsp3) is 0.300. The van der Waals surface area contributed by atoms with Gasteiger partial charge < -0.3 is 14.6 Å². The molecule has 0 aliphatic carbocycles. The van der Waals surface area contributed by atoms with E-state index < -0.39 is 0 Å². The van der Waals surface area contributed by atoms with Gasteiger partial charge in [-0.05, 0) is 30.3 Å². The lowest BCUT2D eigenvalue weighted by Crippen LogP contribution is -2.49. The Morgan fingerprint density at radius 2 is 2.04 bits per heavy atom. The summed E-state index contributed by atoms with van der Waals surface area (Å²) in [5.41, 5.74) is 1.50. The predicted molar refractivity (Wildman–Crippen MR) is 105 cm³/mol. The molecule has 0 atom stereocenters. The van der Waals surface area contributed by atoms with Crippen molar-refractivity contribution in [3.05, 3.63) is 59.5 Å². The third-order valence-corrected chi connectivity index (χ3v) is 5.02. The highest BCUT2D eigenvalue weighted by molar-refractivity contribution is 6.31. The number of H-pyrrole nitrogens is 1. The summed E-state index contributed by atoms with van der Waals surface area (Å²) in [5.74, 6) is 0.818. The molecular weight excluding hydrogens is 364 g/mol. The van der Waals surface area contributed by atoms with Gasteiger partial charge in [0.2, 0.25) is 0 Å². The molecule has 1 N–H and O–H groups in total. The van der Waals surface area contributed by atoms with Crippen LogP contribution in [0.25, 0.3) is 10.9 Å². The van der Waals surface area contributed by atoms with Crippen LogP contribution in [-0.2, 0) is 0 Å². The number of benzene rings is 1. The molecule has 0 unspecified atom stereocenters. The minimum atomic E-state index is 0.0357. The Labute approximate surface area is 162 Å². The quantitative estimate of drug-likeness (QED) is 0.734. The summed E-state index contributed by atoms with van der Waals surface area (Å²) in [6, 6.07) is 11.2. The summed E-state index contributed by atoms with van der Waals surface area (Å²) in [7, 11) is 0. The van der Waals surface area contributed by atoms with Crippen molar-refractivity contribution in [2.45, 2.75) is 0 Å². The second-order valence-electron chi connectivity index (χ2n) is 6.59. The lowest BCUT2D eigenvalue weighted by molar-refractivity contribution is 0.0615. The van der Waals surface area contributed by atoms with E-state index in [0.717, 1.165) is 36.3 Å². The molecule has 1 aliphatic rings. The predicted octanol–water partition coefficient (Wildman–Crippen LogP) is 3.05. The number of halogens is 1. The van der Waals surface area contributed by atoms with Crippen LogP contribution in [0.2, 0.25) is 5.02 Å². The number of fused-ring (bicyclic) bond motifs is 1. The summed E-state index contributed by atoms with van der Waals surface area (Å²) < 4.78 is 5.70. The van der Waals surface area contributed by atoms with Gasteiger partial charge in [-0.3, -0.25) is 14.7 Å². The van der Waals surface area contributed by atoms with Gasteiger partial charge in [-0.2, -0.15) is 0 Å². The lowest BCUT2D eigenvalue weighted by Gasteiger charge is -2.34. The van der Waals surface area contributed by atoms with E-state index in [2.05, 4.69) is 14.9 Å². The highest BCUT2D eigenvalue weighted by atomic mass is 35.5. The van der Waals surface area contributed by atoms with Crippen molar-refractivity contribution < 1.29 is 9.53 Å². The van der Waals surface area contributed by atoms with Crippen molar-refractivity contribution in [2.24, 2.45) is 0 Å². The maximum Gasteiger partial charge on any atom is 0.270 e. The molecule has 7 heteroatoms. The Morgan fingerprint density at radius 1 is 1.19 bits per heavy atom. The number of nitrogens with zero attached hydrogens (tertiary/aromatic N) is 3. The van der Waals surface area contributed by atoms with Gasteiger partial charge in [0.25, 0.3) is 5.91 Å². The van der Waals surface area contributed by atoms with Crippen molar-refractivity contribution in [3.8, 4) is 5.75 Å². The Balaban J connectivity index is 1.28. The fourth-order valence-electron chi connectivity index (χ4n) is 3.28. The van der Waals surface area contributed by atoms with Crippen LogP contribution in [0.4, 0.5) is 0 Å². The maximum atomic E-state index is 12.8. The van der Waals surface area contributed by atoms with E-state index in [9.17, 15) is 4.79 Å². The zero-order valence-electron chi connectivity index (χ0n) is 14.9. The van der Waals surface area contributed by atoms with E-state index in [-0.39, 0.29) is 5.91 Å². The van der Waals surface area contributed by atoms with Crippen LogP contribution in [0.1, 0.15) is 10.5 Å². The first-order chi connectivity index (χ1) is 13.2. The summed E-state index contributed by atoms with van der Waals surface area (Å²) >= 11 is 6.02. The number of hydrogen-bond acceptors (Lipinski definition) is 4. The zero-order chi connectivity index (χ0) is 18.6. The third kappa shape index (κ3) is 4.23. The SMILES string of the molecule is O=C(c1cc2ccc(Cl)cc2[nH]1)N1CCN(CCOc2cccnc2)CC1. The summed E-state index contributed by atoms with van der Waals surface area (Å²) in [6.07, 6.45) is 3.44. The van der Waals surface area contributed by atoms with E-state index in [1.165, 1.54) is 0 Å². The van der Waals surface area contributed by atoms with E-state index >= 15 is 0 Å². The molecule has 1 aromatic carbocycles. The molecule has 6 nitrogen and oxygen atoms in total. The number of piperazine rings is 1. The molecule has 1 fully saturated rings. The molecule has 0 radical (unpaired) electrons. The first-order valence-corrected chi connectivity index (χ1v) is 9.39. The molecule has 140 valence electrons. The van der Waals surface area contributed by atoms with Gasteiger partial charge in [-0.25, -0.2) is 0 Å². The number of nitrogens with one attached hydrogen (secondary N) is 1. The molecule has 0 saturated carbocycles. The normalized spacial score (nSPS) is 15.2. The maximum absolute atomic E-state index is 12.8. The molecule has 1 amide bonds. The van der Waals surface area contributed by atoms with Crippen LogP contribution >= 0.6 is 11.6 Å². The van der Waals surface area contributed by atoms with Crippen molar-refractivity contribution in [2.75, 3.05) is 39.3 Å². The minimum absolute atomic E-state index is 0.0357. The van der Waals surface area contributed by atoms with Crippen LogP contribution in [-0.4, -0.2) is 65.0 Å². The Bertz CT molecular complexity index is 920. The molecule has 0 bridgehead atoms. The average Bonchev–Trinajstić information content (AvgIpc) is 3.12. The molecule has 3 aromatic rings. The number of aromatic amines is 1. The number of ether oxygens (including phenoxy) is 1. The highest BCUT2D eigenvalue weighted by Gasteiger charge is 2.23. The highest BCUT2D eigenvalue weighted by Crippen LogP contribution is 2.21. The molecular formula is C20H21ClN4O2. The van der Waals surface area contributed by atoms with Crippen LogP contribution in [0.15, 0.2) is 48.8 Å². The van der Waals surface area contributed by atoms with Crippen LogP contribution in [0.3, 0.4) is 0 Å². The summed E-state index contributed by atoms with van der Waals surface area (Å²) in [6.45, 7) is 4.55. The van der Waals surface area contributed by atoms with Crippen molar-refractivity contribution >= 4 is 28.4 Å². The van der Waals surface area contributed by atoms with Crippen molar-refractivity contribution in [1.29, 1.82) is 0 Å². The third-order valence-electron chi connectivity index (χ3n) is 4.79. The van der Waals surface area contributed by atoms with Gasteiger partial charge >= 0.3 is 0 Å². The molecule has 4 rings (SSSR count). The number of rotatable bonds is 5. The van der Waals surface area contributed by atoms with Crippen LogP contribution in [0.5, 0.6) is 5.75 Å². The molecule has 2 aromatic heterocycles. The average molecular weight is 385 g/mol. The largest absolute Gasteiger partial charge is 0.491 e. The minimum Gasteiger partial charge on any atom is -0.491 e. The monoisotopic (exact) mass is 384 g/mol. The Hall–Kier alpha value is -2.57. The molecule has 0 spiro atoms. The lowest BCUT2D eigenvalue weighted by atomic mass is 10.2. The number of aromatic nitrogens is 2. The van der Waals surface area contributed by atoms with Crippen LogP contribution < -0.4 is 4.74 Å². The van der Waals surface area contributed by atoms with Gasteiger partial charge in [0.15, 0.2) is 0 Å². The second-order valence-corrected chi connectivity index (χ2v) is 7.02.